The molecule has 128 valence electrons. The topological polar surface area (TPSA) is 67.4 Å². The van der Waals surface area contributed by atoms with Crippen molar-refractivity contribution in [3.63, 3.8) is 0 Å². The van der Waals surface area contributed by atoms with Crippen molar-refractivity contribution >= 4 is 17.2 Å². The molecule has 3 heterocycles. The van der Waals surface area contributed by atoms with Crippen LogP contribution in [0.2, 0.25) is 0 Å². The molecule has 0 radical (unpaired) electrons. The van der Waals surface area contributed by atoms with E-state index in [-0.39, 0.29) is 5.91 Å². The monoisotopic (exact) mass is 346 g/mol. The molecule has 0 unspecified atom stereocenters. The quantitative estimate of drug-likeness (QED) is 0.896. The van der Waals surface area contributed by atoms with Crippen molar-refractivity contribution in [2.75, 3.05) is 32.8 Å². The lowest BCUT2D eigenvalue weighted by atomic mass is 10.2. The van der Waals surface area contributed by atoms with Crippen LogP contribution < -0.4 is 5.32 Å². The Bertz CT molecular complexity index is 683. The van der Waals surface area contributed by atoms with Crippen molar-refractivity contribution in [2.24, 2.45) is 0 Å². The fraction of sp³-hybridized carbons (Fsp3) is 0.471. The van der Waals surface area contributed by atoms with Crippen LogP contribution in [0.25, 0.3) is 10.7 Å². The minimum absolute atomic E-state index is 0.0627. The molecule has 1 amide bonds. The largest absolute Gasteiger partial charge is 0.379 e. The average Bonchev–Trinajstić information content (AvgIpc) is 3.03. The molecule has 6 nitrogen and oxygen atoms in total. The van der Waals surface area contributed by atoms with Crippen molar-refractivity contribution < 1.29 is 9.53 Å². The van der Waals surface area contributed by atoms with E-state index in [2.05, 4.69) is 27.1 Å². The number of morpholine rings is 1. The Hall–Kier alpha value is -1.83. The van der Waals surface area contributed by atoms with E-state index >= 15 is 0 Å². The average molecular weight is 346 g/mol. The van der Waals surface area contributed by atoms with Gasteiger partial charge in [0.15, 0.2) is 0 Å². The van der Waals surface area contributed by atoms with Crippen LogP contribution in [0, 0.1) is 6.92 Å². The normalized spacial score (nSPS) is 16.8. The Labute approximate surface area is 145 Å². The Balaban J connectivity index is 1.62. The second-order valence-corrected chi connectivity index (χ2v) is 6.85. The molecule has 24 heavy (non-hydrogen) atoms. The molecule has 1 aliphatic heterocycles. The molecule has 3 rings (SSSR count). The van der Waals surface area contributed by atoms with Crippen LogP contribution in [-0.2, 0) is 4.74 Å². The van der Waals surface area contributed by atoms with Gasteiger partial charge in [0, 0.05) is 31.9 Å². The van der Waals surface area contributed by atoms with E-state index in [9.17, 15) is 4.79 Å². The van der Waals surface area contributed by atoms with E-state index in [0.717, 1.165) is 42.7 Å². The number of nitrogens with one attached hydrogen (secondary N) is 1. The second kappa shape index (κ2) is 7.83. The molecular weight excluding hydrogens is 324 g/mol. The number of ether oxygens (including phenoxy) is 1. The molecule has 2 aromatic heterocycles. The summed E-state index contributed by atoms with van der Waals surface area (Å²) in [7, 11) is 0. The number of hydrogen-bond acceptors (Lipinski definition) is 6. The molecule has 0 aromatic carbocycles. The summed E-state index contributed by atoms with van der Waals surface area (Å²) >= 11 is 1.39. The minimum atomic E-state index is -0.0627. The second-order valence-electron chi connectivity index (χ2n) is 5.86. The summed E-state index contributed by atoms with van der Waals surface area (Å²) in [6, 6.07) is 5.98. The maximum atomic E-state index is 12.5. The van der Waals surface area contributed by atoms with Gasteiger partial charge in [-0.2, -0.15) is 0 Å². The molecule has 0 spiro atoms. The third kappa shape index (κ3) is 3.98. The van der Waals surface area contributed by atoms with Crippen molar-refractivity contribution in [3.05, 3.63) is 35.0 Å². The number of carbonyl (C=O) groups is 1. The van der Waals surface area contributed by atoms with Gasteiger partial charge in [-0.15, -0.1) is 11.3 Å². The fourth-order valence-corrected chi connectivity index (χ4v) is 3.63. The number of thiazole rings is 1. The van der Waals surface area contributed by atoms with Crippen LogP contribution in [0.15, 0.2) is 24.4 Å². The van der Waals surface area contributed by atoms with Gasteiger partial charge in [0.25, 0.3) is 5.91 Å². The first-order valence-corrected chi connectivity index (χ1v) is 8.95. The van der Waals surface area contributed by atoms with Gasteiger partial charge in [0.05, 0.1) is 24.6 Å². The van der Waals surface area contributed by atoms with Crippen LogP contribution in [0.1, 0.15) is 22.3 Å². The molecule has 1 N–H and O–H groups in total. The van der Waals surface area contributed by atoms with Gasteiger partial charge in [-0.05, 0) is 26.0 Å². The predicted octanol–water partition coefficient (Wildman–Crippen LogP) is 1.96. The fourth-order valence-electron chi connectivity index (χ4n) is 2.67. The van der Waals surface area contributed by atoms with Crippen LogP contribution >= 0.6 is 11.3 Å². The molecule has 0 aliphatic carbocycles. The first-order chi connectivity index (χ1) is 11.6. The first kappa shape index (κ1) is 17.0. The summed E-state index contributed by atoms with van der Waals surface area (Å²) in [5, 5.41) is 3.81. The molecular formula is C17H22N4O2S. The molecule has 2 aromatic rings. The highest BCUT2D eigenvalue weighted by atomic mass is 32.1. The van der Waals surface area contributed by atoms with Crippen molar-refractivity contribution in [3.8, 4) is 10.7 Å². The number of rotatable bonds is 5. The zero-order valence-corrected chi connectivity index (χ0v) is 14.8. The van der Waals surface area contributed by atoms with Crippen LogP contribution in [0.5, 0.6) is 0 Å². The summed E-state index contributed by atoms with van der Waals surface area (Å²) in [5.74, 6) is -0.0627. The predicted molar refractivity (Wildman–Crippen MR) is 94.3 cm³/mol. The standard InChI is InChI=1S/C17H22N4O2S/c1-12(21-7-9-23-10-8-21)11-19-16(22)15-13(2)20-17(24-15)14-5-3-4-6-18-14/h3-6,12H,7-11H2,1-2H3,(H,19,22)/t12-/m0/s1. The summed E-state index contributed by atoms with van der Waals surface area (Å²) in [6.45, 7) is 7.98. The summed E-state index contributed by atoms with van der Waals surface area (Å²) < 4.78 is 5.36. The van der Waals surface area contributed by atoms with Crippen molar-refractivity contribution in [2.45, 2.75) is 19.9 Å². The lowest BCUT2D eigenvalue weighted by molar-refractivity contribution is 0.0204. The van der Waals surface area contributed by atoms with E-state index in [1.165, 1.54) is 11.3 Å². The summed E-state index contributed by atoms with van der Waals surface area (Å²) in [4.78, 5) is 24.3. The maximum absolute atomic E-state index is 12.5. The Morgan fingerprint density at radius 2 is 2.21 bits per heavy atom. The molecule has 0 bridgehead atoms. The number of aryl methyl sites for hydroxylation is 1. The van der Waals surface area contributed by atoms with E-state index < -0.39 is 0 Å². The third-order valence-electron chi connectivity index (χ3n) is 4.11. The highest BCUT2D eigenvalue weighted by molar-refractivity contribution is 7.17. The van der Waals surface area contributed by atoms with Crippen molar-refractivity contribution in [1.29, 1.82) is 0 Å². The van der Waals surface area contributed by atoms with Crippen LogP contribution in [0.3, 0.4) is 0 Å². The molecule has 7 heteroatoms. The highest BCUT2D eigenvalue weighted by Crippen LogP contribution is 2.26. The highest BCUT2D eigenvalue weighted by Gasteiger charge is 2.20. The van der Waals surface area contributed by atoms with E-state index in [0.29, 0.717) is 17.5 Å². The number of pyridine rings is 1. The minimum Gasteiger partial charge on any atom is -0.379 e. The molecule has 1 aliphatic rings. The van der Waals surface area contributed by atoms with Gasteiger partial charge < -0.3 is 10.1 Å². The van der Waals surface area contributed by atoms with Gasteiger partial charge in [-0.1, -0.05) is 6.07 Å². The molecule has 0 saturated carbocycles. The molecule has 1 fully saturated rings. The lowest BCUT2D eigenvalue weighted by Crippen LogP contribution is -2.47. The first-order valence-electron chi connectivity index (χ1n) is 8.14. The Morgan fingerprint density at radius 1 is 1.42 bits per heavy atom. The van der Waals surface area contributed by atoms with Gasteiger partial charge in [0.1, 0.15) is 9.88 Å². The number of hydrogen-bond donors (Lipinski definition) is 1. The van der Waals surface area contributed by atoms with E-state index in [1.807, 2.05) is 25.1 Å². The summed E-state index contributed by atoms with van der Waals surface area (Å²) in [5.41, 5.74) is 1.54. The number of nitrogens with zero attached hydrogens (tertiary/aromatic N) is 3. The van der Waals surface area contributed by atoms with Crippen molar-refractivity contribution in [1.82, 2.24) is 20.2 Å². The SMILES string of the molecule is Cc1nc(-c2ccccn2)sc1C(=O)NC[C@H](C)N1CCOCC1. The van der Waals surface area contributed by atoms with Crippen LogP contribution in [0.4, 0.5) is 0 Å². The maximum Gasteiger partial charge on any atom is 0.263 e. The van der Waals surface area contributed by atoms with Gasteiger partial charge >= 0.3 is 0 Å². The van der Waals surface area contributed by atoms with Gasteiger partial charge in [-0.25, -0.2) is 4.98 Å². The Kier molecular flexibility index (Phi) is 5.55. The number of carbonyl (C=O) groups excluding carboxylic acids is 1. The lowest BCUT2D eigenvalue weighted by Gasteiger charge is -2.32. The summed E-state index contributed by atoms with van der Waals surface area (Å²) in [6.07, 6.45) is 1.73. The smallest absolute Gasteiger partial charge is 0.263 e. The molecule has 1 atom stereocenters. The Morgan fingerprint density at radius 3 is 2.92 bits per heavy atom. The third-order valence-corrected chi connectivity index (χ3v) is 5.29. The van der Waals surface area contributed by atoms with E-state index in [1.54, 1.807) is 6.20 Å². The zero-order valence-electron chi connectivity index (χ0n) is 14.0. The molecule has 1 saturated heterocycles. The van der Waals surface area contributed by atoms with Gasteiger partial charge in [0.2, 0.25) is 0 Å². The zero-order chi connectivity index (χ0) is 16.9. The number of aromatic nitrogens is 2. The van der Waals surface area contributed by atoms with E-state index in [4.69, 9.17) is 4.74 Å². The number of amides is 1. The van der Waals surface area contributed by atoms with Gasteiger partial charge in [-0.3, -0.25) is 14.7 Å². The van der Waals surface area contributed by atoms with Crippen LogP contribution in [-0.4, -0.2) is 59.7 Å².